The summed E-state index contributed by atoms with van der Waals surface area (Å²) in [6.07, 6.45) is -2.21. The molecule has 2 rings (SSSR count). The summed E-state index contributed by atoms with van der Waals surface area (Å²) in [5, 5.41) is 2.66. The summed E-state index contributed by atoms with van der Waals surface area (Å²) < 4.78 is 38.3. The maximum atomic E-state index is 12.6. The minimum Gasteiger partial charge on any atom is -0.351 e. The van der Waals surface area contributed by atoms with Crippen LogP contribution in [0.15, 0.2) is 22.7 Å². The number of rotatable bonds is 4. The molecule has 110 valence electrons. The normalized spacial score (nSPS) is 16.9. The molecule has 1 aliphatic carbocycles. The Morgan fingerprint density at radius 3 is 2.60 bits per heavy atom. The standard InChI is InChI=1S/C13H12Br2F3NO/c14-10-4-3-8(13(16,17)18)5-9(10)12(20)19-6-11(15)7-1-2-7/h3-5,7,11H,1-2,6H2,(H,19,20). The summed E-state index contributed by atoms with van der Waals surface area (Å²) in [7, 11) is 0. The number of carbonyl (C=O) groups is 1. The predicted octanol–water partition coefficient (Wildman–Crippen LogP) is 4.37. The summed E-state index contributed by atoms with van der Waals surface area (Å²) in [6, 6.07) is 3.04. The Morgan fingerprint density at radius 2 is 2.05 bits per heavy atom. The highest BCUT2D eigenvalue weighted by molar-refractivity contribution is 9.10. The fourth-order valence-corrected chi connectivity index (χ4v) is 2.90. The predicted molar refractivity (Wildman–Crippen MR) is 76.9 cm³/mol. The Bertz CT molecular complexity index is 515. The molecule has 1 atom stereocenters. The van der Waals surface area contributed by atoms with Crippen LogP contribution >= 0.6 is 31.9 Å². The number of alkyl halides is 4. The smallest absolute Gasteiger partial charge is 0.351 e. The summed E-state index contributed by atoms with van der Waals surface area (Å²) >= 11 is 6.57. The summed E-state index contributed by atoms with van der Waals surface area (Å²) in [6.45, 7) is 0.409. The lowest BCUT2D eigenvalue weighted by molar-refractivity contribution is -0.137. The van der Waals surface area contributed by atoms with Gasteiger partial charge >= 0.3 is 6.18 Å². The second-order valence-corrected chi connectivity index (χ2v) is 6.79. The molecule has 0 spiro atoms. The fourth-order valence-electron chi connectivity index (χ4n) is 1.79. The van der Waals surface area contributed by atoms with Gasteiger partial charge in [-0.15, -0.1) is 0 Å². The van der Waals surface area contributed by atoms with Gasteiger partial charge in [-0.2, -0.15) is 13.2 Å². The number of halogens is 5. The van der Waals surface area contributed by atoms with E-state index in [0.29, 0.717) is 16.9 Å². The van der Waals surface area contributed by atoms with Crippen molar-refractivity contribution in [3.8, 4) is 0 Å². The number of amides is 1. The molecule has 1 N–H and O–H groups in total. The molecule has 0 aromatic heterocycles. The Balaban J connectivity index is 2.08. The van der Waals surface area contributed by atoms with Gasteiger partial charge in [0.25, 0.3) is 5.91 Å². The van der Waals surface area contributed by atoms with Crippen molar-refractivity contribution in [2.24, 2.45) is 5.92 Å². The van der Waals surface area contributed by atoms with Gasteiger partial charge < -0.3 is 5.32 Å². The van der Waals surface area contributed by atoms with E-state index in [1.807, 2.05) is 0 Å². The summed E-state index contributed by atoms with van der Waals surface area (Å²) in [5.41, 5.74) is -0.834. The number of carbonyl (C=O) groups excluding carboxylic acids is 1. The van der Waals surface area contributed by atoms with E-state index in [0.717, 1.165) is 25.0 Å². The Labute approximate surface area is 131 Å². The molecule has 0 bridgehead atoms. The molecular formula is C13H12Br2F3NO. The first-order valence-corrected chi connectivity index (χ1v) is 7.79. The van der Waals surface area contributed by atoms with Crippen molar-refractivity contribution < 1.29 is 18.0 Å². The molecule has 1 aromatic carbocycles. The molecule has 1 aliphatic rings. The molecular weight excluding hydrogens is 403 g/mol. The number of benzene rings is 1. The van der Waals surface area contributed by atoms with Crippen LogP contribution in [0.1, 0.15) is 28.8 Å². The molecule has 2 nitrogen and oxygen atoms in total. The van der Waals surface area contributed by atoms with Crippen LogP contribution in [0.5, 0.6) is 0 Å². The third-order valence-electron chi connectivity index (χ3n) is 3.13. The van der Waals surface area contributed by atoms with E-state index in [9.17, 15) is 18.0 Å². The van der Waals surface area contributed by atoms with Crippen LogP contribution in [0.3, 0.4) is 0 Å². The van der Waals surface area contributed by atoms with Crippen LogP contribution < -0.4 is 5.32 Å². The molecule has 0 heterocycles. The van der Waals surface area contributed by atoms with E-state index in [4.69, 9.17) is 0 Å². The van der Waals surface area contributed by atoms with Crippen LogP contribution in [0.2, 0.25) is 0 Å². The lowest BCUT2D eigenvalue weighted by atomic mass is 10.1. The monoisotopic (exact) mass is 413 g/mol. The van der Waals surface area contributed by atoms with Crippen molar-refractivity contribution in [2.75, 3.05) is 6.54 Å². The lowest BCUT2D eigenvalue weighted by Crippen LogP contribution is -2.30. The van der Waals surface area contributed by atoms with Crippen LogP contribution in [0.25, 0.3) is 0 Å². The summed E-state index contributed by atoms with van der Waals surface area (Å²) in [5.74, 6) is 0.0494. The third-order valence-corrected chi connectivity index (χ3v) is 4.89. The van der Waals surface area contributed by atoms with Crippen molar-refractivity contribution in [3.05, 3.63) is 33.8 Å². The Morgan fingerprint density at radius 1 is 1.40 bits per heavy atom. The third kappa shape index (κ3) is 3.97. The topological polar surface area (TPSA) is 29.1 Å². The molecule has 1 saturated carbocycles. The fraction of sp³-hybridized carbons (Fsp3) is 0.462. The van der Waals surface area contributed by atoms with Crippen molar-refractivity contribution in [2.45, 2.75) is 23.8 Å². The van der Waals surface area contributed by atoms with E-state index in [-0.39, 0.29) is 10.4 Å². The zero-order chi connectivity index (χ0) is 14.9. The Hall–Kier alpha value is -0.560. The minimum absolute atomic E-state index is 0.00433. The van der Waals surface area contributed by atoms with Crippen molar-refractivity contribution >= 4 is 37.8 Å². The van der Waals surface area contributed by atoms with Gasteiger partial charge in [0.1, 0.15) is 0 Å². The van der Waals surface area contributed by atoms with Crippen molar-refractivity contribution in [1.29, 1.82) is 0 Å². The largest absolute Gasteiger partial charge is 0.416 e. The molecule has 0 radical (unpaired) electrons. The molecule has 1 fully saturated rings. The second kappa shape index (κ2) is 6.05. The van der Waals surface area contributed by atoms with Gasteiger partial charge in [0.2, 0.25) is 0 Å². The zero-order valence-corrected chi connectivity index (χ0v) is 13.5. The second-order valence-electron chi connectivity index (χ2n) is 4.76. The first-order valence-electron chi connectivity index (χ1n) is 6.08. The molecule has 20 heavy (non-hydrogen) atoms. The molecule has 0 aliphatic heterocycles. The average Bonchev–Trinajstić information content (AvgIpc) is 3.18. The quantitative estimate of drug-likeness (QED) is 0.728. The van der Waals surface area contributed by atoms with Gasteiger partial charge in [-0.1, -0.05) is 15.9 Å². The molecule has 0 saturated heterocycles. The first-order chi connectivity index (χ1) is 9.29. The lowest BCUT2D eigenvalue weighted by Gasteiger charge is -2.13. The Kier molecular flexibility index (Phi) is 4.79. The van der Waals surface area contributed by atoms with Gasteiger partial charge in [-0.25, -0.2) is 0 Å². The maximum Gasteiger partial charge on any atom is 0.416 e. The number of hydrogen-bond acceptors (Lipinski definition) is 1. The highest BCUT2D eigenvalue weighted by Crippen LogP contribution is 2.36. The molecule has 1 aromatic rings. The van der Waals surface area contributed by atoms with Crippen LogP contribution in [-0.4, -0.2) is 17.3 Å². The van der Waals surface area contributed by atoms with E-state index in [1.54, 1.807) is 0 Å². The van der Waals surface area contributed by atoms with Gasteiger partial charge in [-0.05, 0) is 52.9 Å². The van der Waals surface area contributed by atoms with Gasteiger partial charge in [0.05, 0.1) is 11.1 Å². The van der Waals surface area contributed by atoms with Crippen LogP contribution in [0.4, 0.5) is 13.2 Å². The van der Waals surface area contributed by atoms with Crippen molar-refractivity contribution in [1.82, 2.24) is 5.32 Å². The van der Waals surface area contributed by atoms with Gasteiger partial charge in [0.15, 0.2) is 0 Å². The minimum atomic E-state index is -4.46. The van der Waals surface area contributed by atoms with Gasteiger partial charge in [-0.3, -0.25) is 4.79 Å². The summed E-state index contributed by atoms with van der Waals surface area (Å²) in [4.78, 5) is 12.1. The SMILES string of the molecule is O=C(NCC(Br)C1CC1)c1cc(C(F)(F)F)ccc1Br. The van der Waals surface area contributed by atoms with E-state index < -0.39 is 17.6 Å². The molecule has 7 heteroatoms. The molecule has 1 amide bonds. The van der Waals surface area contributed by atoms with Crippen LogP contribution in [-0.2, 0) is 6.18 Å². The highest BCUT2D eigenvalue weighted by atomic mass is 79.9. The van der Waals surface area contributed by atoms with Crippen molar-refractivity contribution in [3.63, 3.8) is 0 Å². The van der Waals surface area contributed by atoms with E-state index in [2.05, 4.69) is 37.2 Å². The van der Waals surface area contributed by atoms with E-state index in [1.165, 1.54) is 6.07 Å². The first kappa shape index (κ1) is 15.8. The van der Waals surface area contributed by atoms with Gasteiger partial charge in [0, 0.05) is 15.8 Å². The average molecular weight is 415 g/mol. The van der Waals surface area contributed by atoms with Crippen LogP contribution in [0, 0.1) is 5.92 Å². The zero-order valence-electron chi connectivity index (χ0n) is 10.3. The van der Waals surface area contributed by atoms with E-state index >= 15 is 0 Å². The maximum absolute atomic E-state index is 12.6. The highest BCUT2D eigenvalue weighted by Gasteiger charge is 2.32. The number of nitrogens with one attached hydrogen (secondary N) is 1. The molecule has 1 unspecified atom stereocenters. The number of hydrogen-bond donors (Lipinski definition) is 1.